The fourth-order valence-corrected chi connectivity index (χ4v) is 5.70. The number of piperazine rings is 1. The Bertz CT molecular complexity index is 1120. The van der Waals surface area contributed by atoms with E-state index in [2.05, 4.69) is 37.5 Å². The number of carbonyl (C=O) groups excluding carboxylic acids is 4. The lowest BCUT2D eigenvalue weighted by atomic mass is 9.92. The van der Waals surface area contributed by atoms with E-state index < -0.39 is 0 Å². The smallest absolute Gasteiger partial charge is 0.226 e. The Kier molecular flexibility index (Phi) is 20.9. The summed E-state index contributed by atoms with van der Waals surface area (Å²) in [5.74, 6) is 2.85. The summed E-state index contributed by atoms with van der Waals surface area (Å²) in [6.07, 6.45) is 4.78. The van der Waals surface area contributed by atoms with Crippen LogP contribution in [0.2, 0.25) is 0 Å². The van der Waals surface area contributed by atoms with E-state index in [4.69, 9.17) is 4.74 Å². The van der Waals surface area contributed by atoms with Gasteiger partial charge in [0.1, 0.15) is 17.3 Å². The van der Waals surface area contributed by atoms with E-state index in [-0.39, 0.29) is 47.2 Å². The van der Waals surface area contributed by atoms with Gasteiger partial charge in [-0.3, -0.25) is 29.0 Å². The Hall–Kier alpha value is -2.58. The number of nitrogens with zero attached hydrogens (tertiary/aromatic N) is 3. The lowest BCUT2D eigenvalue weighted by molar-refractivity contribution is -0.139. The zero-order valence-corrected chi connectivity index (χ0v) is 33.2. The normalized spacial score (nSPS) is 17.6. The number of rotatable bonds is 14. The predicted octanol–water partition coefficient (Wildman–Crippen LogP) is 7.37. The van der Waals surface area contributed by atoms with Gasteiger partial charge in [-0.1, -0.05) is 73.9 Å². The zero-order chi connectivity index (χ0) is 37.3. The first-order chi connectivity index (χ1) is 22.9. The van der Waals surface area contributed by atoms with Gasteiger partial charge in [0, 0.05) is 68.9 Å². The van der Waals surface area contributed by atoms with Crippen LogP contribution in [0.1, 0.15) is 114 Å². The second-order valence-electron chi connectivity index (χ2n) is 15.8. The number of hydrogen-bond donors (Lipinski definition) is 0. The maximum absolute atomic E-state index is 12.4. The van der Waals surface area contributed by atoms with Crippen LogP contribution in [-0.2, 0) is 25.6 Å². The van der Waals surface area contributed by atoms with Crippen molar-refractivity contribution < 1.29 is 23.9 Å². The standard InChI is InChI=1S/C15H27NO2.C14H20O2.C12H24N2O/c1-11(2)9-13-7-5-6-8-16(15(13)18)10-14(17)12(3)4;1-10(2)14(15)9-12-5-7-13(8-6-12)16-11(3)4;1-10(2)12(15)9-13-5-7-14(8-6-13)11(3)4/h11-13H,5-10H2,1-4H3;5-8,10-11H,9H2,1-4H3;10-11H,5-9H2,1-4H3/t13-;;/m1../s1. The molecule has 0 radical (unpaired) electrons. The SMILES string of the molecule is CC(C)C(=O)CN1CCN(C(C)C)CC1.CC(C)C[C@H]1CCCCN(CC(=O)C(C)C)C1=O.CC(C)Oc1ccc(CC(=O)C(C)C)cc1. The van der Waals surface area contributed by atoms with Crippen molar-refractivity contribution in [2.24, 2.45) is 29.6 Å². The molecule has 2 saturated heterocycles. The molecular formula is C41H71N3O5. The van der Waals surface area contributed by atoms with Crippen molar-refractivity contribution >= 4 is 23.3 Å². The molecule has 2 aliphatic heterocycles. The molecule has 0 spiro atoms. The fourth-order valence-electron chi connectivity index (χ4n) is 5.70. The van der Waals surface area contributed by atoms with Crippen LogP contribution in [0.4, 0.5) is 0 Å². The lowest BCUT2D eigenvalue weighted by Gasteiger charge is -2.36. The van der Waals surface area contributed by atoms with Crippen molar-refractivity contribution in [2.45, 2.75) is 127 Å². The minimum absolute atomic E-state index is 0.0181. The summed E-state index contributed by atoms with van der Waals surface area (Å²) < 4.78 is 5.54. The first-order valence-corrected chi connectivity index (χ1v) is 19.0. The highest BCUT2D eigenvalue weighted by Crippen LogP contribution is 2.24. The highest BCUT2D eigenvalue weighted by molar-refractivity contribution is 5.88. The third-order valence-corrected chi connectivity index (χ3v) is 9.12. The van der Waals surface area contributed by atoms with Gasteiger partial charge in [0.2, 0.25) is 5.91 Å². The Morgan fingerprint density at radius 2 is 1.22 bits per heavy atom. The largest absolute Gasteiger partial charge is 0.491 e. The van der Waals surface area contributed by atoms with Gasteiger partial charge in [-0.25, -0.2) is 0 Å². The number of benzene rings is 1. The molecule has 1 aromatic rings. The lowest BCUT2D eigenvalue weighted by Crippen LogP contribution is -2.50. The van der Waals surface area contributed by atoms with Crippen LogP contribution in [-0.4, -0.2) is 95.9 Å². The molecule has 1 amide bonds. The average Bonchev–Trinajstić information content (AvgIpc) is 3.18. The van der Waals surface area contributed by atoms with Gasteiger partial charge >= 0.3 is 0 Å². The summed E-state index contributed by atoms with van der Waals surface area (Å²) in [6.45, 7) is 30.4. The summed E-state index contributed by atoms with van der Waals surface area (Å²) in [6, 6.07) is 8.38. The van der Waals surface area contributed by atoms with E-state index in [0.29, 0.717) is 37.3 Å². The molecule has 0 N–H and O–H groups in total. The third kappa shape index (κ3) is 18.3. The van der Waals surface area contributed by atoms with Crippen molar-refractivity contribution in [2.75, 3.05) is 45.8 Å². The second-order valence-corrected chi connectivity index (χ2v) is 15.8. The van der Waals surface area contributed by atoms with E-state index in [1.54, 1.807) is 4.90 Å². The number of likely N-dealkylation sites (tertiary alicyclic amines) is 1. The maximum atomic E-state index is 12.4. The van der Waals surface area contributed by atoms with E-state index >= 15 is 0 Å². The fraction of sp³-hybridized carbons (Fsp3) is 0.756. The number of ketones is 3. The summed E-state index contributed by atoms with van der Waals surface area (Å²) in [7, 11) is 0. The molecule has 280 valence electrons. The van der Waals surface area contributed by atoms with Gasteiger partial charge < -0.3 is 9.64 Å². The van der Waals surface area contributed by atoms with Crippen molar-refractivity contribution in [1.82, 2.24) is 14.7 Å². The van der Waals surface area contributed by atoms with E-state index in [9.17, 15) is 19.2 Å². The van der Waals surface area contributed by atoms with Crippen LogP contribution in [0.25, 0.3) is 0 Å². The van der Waals surface area contributed by atoms with Crippen LogP contribution in [0.3, 0.4) is 0 Å². The van der Waals surface area contributed by atoms with E-state index in [0.717, 1.165) is 69.7 Å². The molecule has 2 aliphatic rings. The molecule has 49 heavy (non-hydrogen) atoms. The third-order valence-electron chi connectivity index (χ3n) is 9.12. The van der Waals surface area contributed by atoms with Crippen LogP contribution < -0.4 is 4.74 Å². The molecule has 0 saturated carbocycles. The summed E-state index contributed by atoms with van der Waals surface area (Å²) in [5.41, 5.74) is 1.05. The van der Waals surface area contributed by atoms with Gasteiger partial charge in [0.25, 0.3) is 0 Å². The Morgan fingerprint density at radius 1 is 0.694 bits per heavy atom. The number of ether oxygens (including phenoxy) is 1. The van der Waals surface area contributed by atoms with E-state index in [1.165, 1.54) is 0 Å². The van der Waals surface area contributed by atoms with Gasteiger partial charge in [0.05, 0.1) is 19.2 Å². The Labute approximate surface area is 299 Å². The first kappa shape index (κ1) is 44.4. The number of hydrogen-bond acceptors (Lipinski definition) is 7. The summed E-state index contributed by atoms with van der Waals surface area (Å²) in [4.78, 5) is 53.9. The maximum Gasteiger partial charge on any atom is 0.226 e. The van der Waals surface area contributed by atoms with Crippen molar-refractivity contribution in [3.63, 3.8) is 0 Å². The summed E-state index contributed by atoms with van der Waals surface area (Å²) >= 11 is 0. The van der Waals surface area contributed by atoms with E-state index in [1.807, 2.05) is 79.7 Å². The van der Waals surface area contributed by atoms with Crippen LogP contribution in [0.5, 0.6) is 5.75 Å². The highest BCUT2D eigenvalue weighted by atomic mass is 16.5. The van der Waals surface area contributed by atoms with Gasteiger partial charge in [-0.15, -0.1) is 0 Å². The molecular weight excluding hydrogens is 614 g/mol. The monoisotopic (exact) mass is 686 g/mol. The van der Waals surface area contributed by atoms with Crippen LogP contribution >= 0.6 is 0 Å². The Balaban J connectivity index is 0.000000369. The molecule has 1 atom stereocenters. The molecule has 8 heteroatoms. The van der Waals surface area contributed by atoms with Crippen molar-refractivity contribution in [1.29, 1.82) is 0 Å². The topological polar surface area (TPSA) is 87.2 Å². The van der Waals surface area contributed by atoms with Crippen molar-refractivity contribution in [3.05, 3.63) is 29.8 Å². The molecule has 2 fully saturated rings. The first-order valence-electron chi connectivity index (χ1n) is 19.0. The number of carbonyl (C=O) groups is 4. The Morgan fingerprint density at radius 3 is 1.69 bits per heavy atom. The molecule has 8 nitrogen and oxygen atoms in total. The molecule has 2 heterocycles. The molecule has 0 unspecified atom stereocenters. The molecule has 0 aliphatic carbocycles. The van der Waals surface area contributed by atoms with Gasteiger partial charge in [-0.2, -0.15) is 0 Å². The zero-order valence-electron chi connectivity index (χ0n) is 33.2. The molecule has 0 bridgehead atoms. The predicted molar refractivity (Wildman–Crippen MR) is 202 cm³/mol. The number of amides is 1. The minimum Gasteiger partial charge on any atom is -0.491 e. The molecule has 3 rings (SSSR count). The van der Waals surface area contributed by atoms with Crippen LogP contribution in [0, 0.1) is 29.6 Å². The number of Topliss-reactive ketones (excluding diaryl/α,β-unsaturated/α-hetero) is 3. The van der Waals surface area contributed by atoms with Crippen LogP contribution in [0.15, 0.2) is 24.3 Å². The van der Waals surface area contributed by atoms with Crippen molar-refractivity contribution in [3.8, 4) is 5.75 Å². The average molecular weight is 686 g/mol. The molecule has 0 aromatic heterocycles. The highest BCUT2D eigenvalue weighted by Gasteiger charge is 2.29. The quantitative estimate of drug-likeness (QED) is 0.202. The molecule has 1 aromatic carbocycles. The minimum atomic E-state index is 0.0181. The second kappa shape index (κ2) is 23.0. The summed E-state index contributed by atoms with van der Waals surface area (Å²) in [5, 5.41) is 0. The van der Waals surface area contributed by atoms with Gasteiger partial charge in [0.15, 0.2) is 5.78 Å². The van der Waals surface area contributed by atoms with Gasteiger partial charge in [-0.05, 0) is 70.6 Å².